The van der Waals surface area contributed by atoms with Crippen LogP contribution < -0.4 is 0 Å². The van der Waals surface area contributed by atoms with E-state index in [0.29, 0.717) is 5.92 Å². The highest BCUT2D eigenvalue weighted by Gasteiger charge is 2.24. The largest absolute Gasteiger partial charge is 0.236 e. The monoisotopic (exact) mass is 502 g/mol. The van der Waals surface area contributed by atoms with E-state index in [2.05, 4.69) is 50.5 Å². The molecule has 4 rings (SSSR count). The van der Waals surface area contributed by atoms with Gasteiger partial charge >= 0.3 is 0 Å². The second-order valence-electron chi connectivity index (χ2n) is 12.4. The first-order valence-corrected chi connectivity index (χ1v) is 16.2. The van der Waals surface area contributed by atoms with Crippen molar-refractivity contribution in [2.45, 2.75) is 148 Å². The van der Waals surface area contributed by atoms with Gasteiger partial charge in [0.05, 0.1) is 0 Å². The normalized spacial score (nSPS) is 24.3. The lowest BCUT2D eigenvalue weighted by Gasteiger charge is -2.29. The summed E-state index contributed by atoms with van der Waals surface area (Å²) in [6.45, 7) is 4.61. The Morgan fingerprint density at radius 3 is 1.57 bits per heavy atom. The van der Waals surface area contributed by atoms with Crippen LogP contribution in [0.4, 0.5) is 0 Å². The molecule has 2 heteroatoms. The molecule has 2 fully saturated rings. The van der Waals surface area contributed by atoms with Crippen molar-refractivity contribution in [2.75, 3.05) is 0 Å². The van der Waals surface area contributed by atoms with Crippen LogP contribution in [0.2, 0.25) is 0 Å². The van der Waals surface area contributed by atoms with Crippen LogP contribution in [0.3, 0.4) is 0 Å². The van der Waals surface area contributed by atoms with Crippen molar-refractivity contribution in [2.24, 2.45) is 11.8 Å². The number of hydrogen-bond acceptors (Lipinski definition) is 2. The lowest BCUT2D eigenvalue weighted by atomic mass is 9.77. The van der Waals surface area contributed by atoms with Gasteiger partial charge in [0, 0.05) is 18.0 Å². The lowest BCUT2D eigenvalue weighted by Crippen LogP contribution is -2.14. The molecule has 2 aliphatic carbocycles. The maximum atomic E-state index is 4.80. The van der Waals surface area contributed by atoms with E-state index in [1.807, 2.05) is 0 Å². The summed E-state index contributed by atoms with van der Waals surface area (Å²) < 4.78 is 0. The highest BCUT2D eigenvalue weighted by Crippen LogP contribution is 2.39. The van der Waals surface area contributed by atoms with Gasteiger partial charge < -0.3 is 0 Å². The fourth-order valence-electron chi connectivity index (χ4n) is 7.07. The predicted molar refractivity (Wildman–Crippen MR) is 159 cm³/mol. The van der Waals surface area contributed by atoms with Gasteiger partial charge in [-0.2, -0.15) is 0 Å². The Morgan fingerprint density at radius 2 is 1.00 bits per heavy atom. The van der Waals surface area contributed by atoms with Gasteiger partial charge in [-0.3, -0.25) is 0 Å². The Hall–Kier alpha value is -1.70. The molecule has 2 aromatic rings. The third-order valence-corrected chi connectivity index (χ3v) is 9.66. The Morgan fingerprint density at radius 1 is 0.541 bits per heavy atom. The quantitative estimate of drug-likeness (QED) is 0.240. The molecule has 0 unspecified atom stereocenters. The van der Waals surface area contributed by atoms with Crippen LogP contribution in [-0.2, 0) is 0 Å². The van der Waals surface area contributed by atoms with Crippen LogP contribution in [0.5, 0.6) is 0 Å². The summed E-state index contributed by atoms with van der Waals surface area (Å²) in [4.78, 5) is 9.61. The molecule has 1 heterocycles. The summed E-state index contributed by atoms with van der Waals surface area (Å²) in [7, 11) is 0. The van der Waals surface area contributed by atoms with Crippen molar-refractivity contribution in [3.63, 3.8) is 0 Å². The minimum atomic E-state index is 0.661. The SMILES string of the molecule is CCCCCCCCC1CCC(c2cnc(-c3ccc(C4CCC(CCCCC)CC4)cc3)nc2)CC1. The van der Waals surface area contributed by atoms with E-state index in [-0.39, 0.29) is 0 Å². The Kier molecular flexibility index (Phi) is 12.0. The third-order valence-electron chi connectivity index (χ3n) is 9.66. The average molecular weight is 503 g/mol. The van der Waals surface area contributed by atoms with Crippen molar-refractivity contribution in [1.29, 1.82) is 0 Å². The van der Waals surface area contributed by atoms with Gasteiger partial charge in [0.1, 0.15) is 0 Å². The smallest absolute Gasteiger partial charge is 0.159 e. The number of aromatic nitrogens is 2. The molecular formula is C35H54N2. The van der Waals surface area contributed by atoms with E-state index in [1.54, 1.807) is 0 Å². The molecule has 0 aliphatic heterocycles. The average Bonchev–Trinajstić information content (AvgIpc) is 2.96. The Labute approximate surface area is 228 Å². The van der Waals surface area contributed by atoms with E-state index in [9.17, 15) is 0 Å². The first kappa shape index (κ1) is 28.3. The Bertz CT molecular complexity index is 855. The molecule has 0 bridgehead atoms. The van der Waals surface area contributed by atoms with Crippen LogP contribution in [-0.4, -0.2) is 9.97 Å². The Balaban J connectivity index is 1.19. The van der Waals surface area contributed by atoms with Gasteiger partial charge in [0.25, 0.3) is 0 Å². The van der Waals surface area contributed by atoms with Gasteiger partial charge in [-0.25, -0.2) is 9.97 Å². The van der Waals surface area contributed by atoms with Crippen LogP contribution in [0, 0.1) is 11.8 Å². The first-order valence-electron chi connectivity index (χ1n) is 16.2. The van der Waals surface area contributed by atoms with E-state index in [4.69, 9.17) is 9.97 Å². The minimum absolute atomic E-state index is 0.661. The van der Waals surface area contributed by atoms with E-state index >= 15 is 0 Å². The van der Waals surface area contributed by atoms with E-state index in [1.165, 1.54) is 133 Å². The van der Waals surface area contributed by atoms with Crippen LogP contribution in [0.15, 0.2) is 36.7 Å². The number of unbranched alkanes of at least 4 members (excludes halogenated alkanes) is 7. The molecule has 2 saturated carbocycles. The van der Waals surface area contributed by atoms with Gasteiger partial charge in [-0.15, -0.1) is 0 Å². The topological polar surface area (TPSA) is 25.8 Å². The molecule has 1 aromatic carbocycles. The summed E-state index contributed by atoms with van der Waals surface area (Å²) in [5.74, 6) is 4.22. The predicted octanol–water partition coefficient (Wildman–Crippen LogP) is 11.0. The maximum Gasteiger partial charge on any atom is 0.159 e. The summed E-state index contributed by atoms with van der Waals surface area (Å²) >= 11 is 0. The number of hydrogen-bond donors (Lipinski definition) is 0. The lowest BCUT2D eigenvalue weighted by molar-refractivity contribution is 0.301. The fraction of sp³-hybridized carbons (Fsp3) is 0.714. The second-order valence-corrected chi connectivity index (χ2v) is 12.4. The molecule has 37 heavy (non-hydrogen) atoms. The van der Waals surface area contributed by atoms with E-state index < -0.39 is 0 Å². The van der Waals surface area contributed by atoms with Crippen LogP contribution >= 0.6 is 0 Å². The summed E-state index contributed by atoms with van der Waals surface area (Å²) in [5, 5.41) is 0. The molecule has 204 valence electrons. The number of nitrogens with zero attached hydrogens (tertiary/aromatic N) is 2. The molecule has 0 saturated heterocycles. The molecule has 1 aromatic heterocycles. The fourth-order valence-corrected chi connectivity index (χ4v) is 7.07. The van der Waals surface area contributed by atoms with Gasteiger partial charge in [0.2, 0.25) is 0 Å². The molecule has 2 aliphatic rings. The zero-order valence-corrected chi connectivity index (χ0v) is 24.1. The number of rotatable bonds is 14. The van der Waals surface area contributed by atoms with Gasteiger partial charge in [0.15, 0.2) is 5.82 Å². The molecule has 0 spiro atoms. The first-order chi connectivity index (χ1) is 18.3. The summed E-state index contributed by atoms with van der Waals surface area (Å²) in [6, 6.07) is 9.20. The molecule has 0 N–H and O–H groups in total. The zero-order chi connectivity index (χ0) is 25.7. The van der Waals surface area contributed by atoms with Crippen molar-refractivity contribution < 1.29 is 0 Å². The number of benzene rings is 1. The van der Waals surface area contributed by atoms with E-state index in [0.717, 1.165) is 29.1 Å². The van der Waals surface area contributed by atoms with Crippen LogP contribution in [0.1, 0.15) is 159 Å². The molecular weight excluding hydrogens is 448 g/mol. The summed E-state index contributed by atoms with van der Waals surface area (Å²) in [6.07, 6.45) is 30.8. The highest BCUT2D eigenvalue weighted by atomic mass is 14.9. The van der Waals surface area contributed by atoms with Crippen LogP contribution in [0.25, 0.3) is 11.4 Å². The minimum Gasteiger partial charge on any atom is -0.236 e. The van der Waals surface area contributed by atoms with Crippen molar-refractivity contribution in [3.8, 4) is 11.4 Å². The van der Waals surface area contributed by atoms with Crippen molar-refractivity contribution in [1.82, 2.24) is 9.97 Å². The highest BCUT2D eigenvalue weighted by molar-refractivity contribution is 5.55. The summed E-state index contributed by atoms with van der Waals surface area (Å²) in [5.41, 5.74) is 4.03. The van der Waals surface area contributed by atoms with Crippen molar-refractivity contribution >= 4 is 0 Å². The molecule has 2 nitrogen and oxygen atoms in total. The third kappa shape index (κ3) is 8.93. The van der Waals surface area contributed by atoms with Crippen molar-refractivity contribution in [3.05, 3.63) is 47.8 Å². The van der Waals surface area contributed by atoms with Gasteiger partial charge in [-0.05, 0) is 86.2 Å². The molecule has 0 atom stereocenters. The standard InChI is InChI=1S/C35H54N2/c1-3-5-7-8-9-11-13-29-16-20-32(21-17-29)34-26-36-35(37-27-34)33-24-22-31(23-25-33)30-18-14-28(15-19-30)12-10-6-4-2/h22-30,32H,3-21H2,1-2H3. The van der Waals surface area contributed by atoms with Gasteiger partial charge in [-0.1, -0.05) is 109 Å². The molecule has 0 radical (unpaired) electrons. The second kappa shape index (κ2) is 15.6. The maximum absolute atomic E-state index is 4.80. The molecule has 0 amide bonds. The zero-order valence-electron chi connectivity index (χ0n) is 24.1.